The Hall–Kier alpha value is -1.66. The highest BCUT2D eigenvalue weighted by Gasteiger charge is 2.39. The number of nitrogens with one attached hydrogen (secondary N) is 1. The lowest BCUT2D eigenvalue weighted by atomic mass is 9.77. The third-order valence-electron chi connectivity index (χ3n) is 4.22. The predicted octanol–water partition coefficient (Wildman–Crippen LogP) is 2.48. The van der Waals surface area contributed by atoms with Gasteiger partial charge in [0.2, 0.25) is 0 Å². The lowest BCUT2D eigenvalue weighted by molar-refractivity contribution is 0.296. The molecule has 0 aliphatic heterocycles. The van der Waals surface area contributed by atoms with Crippen molar-refractivity contribution in [2.75, 3.05) is 19.9 Å². The van der Waals surface area contributed by atoms with E-state index in [-0.39, 0.29) is 11.6 Å². The van der Waals surface area contributed by atoms with Crippen molar-refractivity contribution in [3.63, 3.8) is 0 Å². The van der Waals surface area contributed by atoms with E-state index in [1.807, 2.05) is 19.2 Å². The van der Waals surface area contributed by atoms with E-state index in [0.29, 0.717) is 17.1 Å². The molecule has 1 heterocycles. The largest absolute Gasteiger partial charge is 0.494 e. The lowest BCUT2D eigenvalue weighted by Crippen LogP contribution is -2.45. The normalized spacial score (nSPS) is 21.1. The van der Waals surface area contributed by atoms with Gasteiger partial charge in [-0.3, -0.25) is 0 Å². The molecule has 0 radical (unpaired) electrons. The Bertz CT molecular complexity index is 673. The molecule has 4 nitrogen and oxygen atoms in total. The maximum Gasteiger partial charge on any atom is 0.180 e. The number of aryl methyl sites for hydroxylation is 1. The van der Waals surface area contributed by atoms with Crippen molar-refractivity contribution in [1.29, 1.82) is 0 Å². The molecular weight excluding hydrogens is 289 g/mol. The molecule has 0 fully saturated rings. The molecule has 3 N–H and O–H groups in total. The zero-order chi connectivity index (χ0) is 15.0. The smallest absolute Gasteiger partial charge is 0.180 e. The number of hydrogen-bond donors (Lipinski definition) is 2. The van der Waals surface area contributed by atoms with E-state index in [1.165, 1.54) is 18.4 Å². The number of aromatic nitrogens is 1. The van der Waals surface area contributed by atoms with E-state index >= 15 is 0 Å². The Balaban J connectivity index is 2.06. The zero-order valence-electron chi connectivity index (χ0n) is 12.1. The molecule has 1 unspecified atom stereocenters. The van der Waals surface area contributed by atoms with Crippen LogP contribution in [0.4, 0.5) is 9.52 Å². The molecule has 0 amide bonds. The van der Waals surface area contributed by atoms with Gasteiger partial charge in [0, 0.05) is 16.9 Å². The third kappa shape index (κ3) is 2.28. The summed E-state index contributed by atoms with van der Waals surface area (Å²) in [5.74, 6) is -0.0213. The number of hydrogen-bond acceptors (Lipinski definition) is 5. The summed E-state index contributed by atoms with van der Waals surface area (Å²) in [6.45, 7) is 0. The second-order valence-electron chi connectivity index (χ2n) is 5.25. The van der Waals surface area contributed by atoms with Crippen LogP contribution in [-0.2, 0) is 18.4 Å². The van der Waals surface area contributed by atoms with Crippen LogP contribution in [0.3, 0.4) is 0 Å². The van der Waals surface area contributed by atoms with Gasteiger partial charge < -0.3 is 15.8 Å². The van der Waals surface area contributed by atoms with Gasteiger partial charge in [-0.25, -0.2) is 9.37 Å². The first-order valence-corrected chi connectivity index (χ1v) is 7.67. The van der Waals surface area contributed by atoms with Crippen LogP contribution in [0.15, 0.2) is 18.2 Å². The minimum absolute atomic E-state index is 0.275. The van der Waals surface area contributed by atoms with Crippen LogP contribution in [0.1, 0.15) is 22.6 Å². The number of benzene rings is 1. The van der Waals surface area contributed by atoms with Crippen LogP contribution >= 0.6 is 11.3 Å². The first-order chi connectivity index (χ1) is 10.1. The van der Waals surface area contributed by atoms with Gasteiger partial charge in [0.05, 0.1) is 18.3 Å². The summed E-state index contributed by atoms with van der Waals surface area (Å²) in [6, 6.07) is 5.29. The lowest BCUT2D eigenvalue weighted by Gasteiger charge is -2.37. The number of methoxy groups -OCH3 is 1. The molecule has 0 saturated carbocycles. The van der Waals surface area contributed by atoms with Crippen LogP contribution in [0, 0.1) is 5.82 Å². The molecule has 0 bridgehead atoms. The Kier molecular flexibility index (Phi) is 3.59. The summed E-state index contributed by atoms with van der Waals surface area (Å²) >= 11 is 1.49. The molecule has 112 valence electrons. The molecule has 1 atom stereocenters. The van der Waals surface area contributed by atoms with Crippen molar-refractivity contribution in [2.24, 2.45) is 0 Å². The Labute approximate surface area is 127 Å². The molecule has 0 spiro atoms. The minimum Gasteiger partial charge on any atom is -0.494 e. The first kappa shape index (κ1) is 14.3. The van der Waals surface area contributed by atoms with Crippen molar-refractivity contribution in [1.82, 2.24) is 10.3 Å². The number of halogens is 1. The summed E-state index contributed by atoms with van der Waals surface area (Å²) in [7, 11) is 3.35. The van der Waals surface area contributed by atoms with Gasteiger partial charge in [-0.05, 0) is 26.0 Å². The number of rotatable bonds is 3. The fourth-order valence-corrected chi connectivity index (χ4v) is 4.04. The number of anilines is 1. The van der Waals surface area contributed by atoms with Crippen LogP contribution < -0.4 is 15.8 Å². The van der Waals surface area contributed by atoms with Crippen LogP contribution in [-0.4, -0.2) is 19.1 Å². The molecule has 2 aromatic rings. The van der Waals surface area contributed by atoms with Gasteiger partial charge in [-0.15, -0.1) is 11.3 Å². The second kappa shape index (κ2) is 5.27. The summed E-state index contributed by atoms with van der Waals surface area (Å²) in [5.41, 5.74) is 7.04. The number of nitrogens with zero attached hydrogens (tertiary/aromatic N) is 1. The number of nitrogens with two attached hydrogens (primary N) is 1. The molecule has 1 aromatic heterocycles. The maximum absolute atomic E-state index is 14.7. The van der Waals surface area contributed by atoms with E-state index in [2.05, 4.69) is 10.3 Å². The molecular formula is C15H18FN3OS. The van der Waals surface area contributed by atoms with E-state index in [1.54, 1.807) is 6.07 Å². The standard InChI is InChI=1S/C15H18FN3OS/c1-18-15(9-4-3-5-11(20-2)13(9)16)7-6-10-12(8-15)21-14(17)19-10/h3-5,18H,6-8H2,1-2H3,(H2,17,19). The van der Waals surface area contributed by atoms with Crippen LogP contribution in [0.25, 0.3) is 0 Å². The third-order valence-corrected chi connectivity index (χ3v) is 5.15. The molecule has 0 saturated heterocycles. The number of nitrogen functional groups attached to an aromatic ring is 1. The van der Waals surface area contributed by atoms with Crippen molar-refractivity contribution in [3.05, 3.63) is 40.2 Å². The van der Waals surface area contributed by atoms with Crippen molar-refractivity contribution in [2.45, 2.75) is 24.8 Å². The quantitative estimate of drug-likeness (QED) is 0.914. The SMILES string of the molecule is CNC1(c2cccc(OC)c2F)CCc2nc(N)sc2C1. The highest BCUT2D eigenvalue weighted by Crippen LogP contribution is 2.41. The second-order valence-corrected chi connectivity index (χ2v) is 6.37. The average molecular weight is 307 g/mol. The number of likely N-dealkylation sites (N-methyl/N-ethyl adjacent to an activating group) is 1. The van der Waals surface area contributed by atoms with E-state index in [0.717, 1.165) is 23.4 Å². The Morgan fingerprint density at radius 2 is 2.29 bits per heavy atom. The van der Waals surface area contributed by atoms with Crippen molar-refractivity contribution in [3.8, 4) is 5.75 Å². The molecule has 3 rings (SSSR count). The number of ether oxygens (including phenoxy) is 1. The number of fused-ring (bicyclic) bond motifs is 1. The van der Waals surface area contributed by atoms with Crippen LogP contribution in [0.5, 0.6) is 5.75 Å². The van der Waals surface area contributed by atoms with Gasteiger partial charge >= 0.3 is 0 Å². The fraction of sp³-hybridized carbons (Fsp3) is 0.400. The molecule has 6 heteroatoms. The molecule has 21 heavy (non-hydrogen) atoms. The predicted molar refractivity (Wildman–Crippen MR) is 82.2 cm³/mol. The van der Waals surface area contributed by atoms with Crippen molar-refractivity contribution < 1.29 is 9.13 Å². The monoisotopic (exact) mass is 307 g/mol. The zero-order valence-corrected chi connectivity index (χ0v) is 12.9. The van der Waals surface area contributed by atoms with Gasteiger partial charge in [-0.1, -0.05) is 12.1 Å². The Morgan fingerprint density at radius 3 is 3.00 bits per heavy atom. The summed E-state index contributed by atoms with van der Waals surface area (Å²) in [4.78, 5) is 5.49. The van der Waals surface area contributed by atoms with Gasteiger partial charge in [-0.2, -0.15) is 0 Å². The summed E-state index contributed by atoms with van der Waals surface area (Å²) in [5, 5.41) is 3.90. The van der Waals surface area contributed by atoms with Gasteiger partial charge in [0.1, 0.15) is 0 Å². The first-order valence-electron chi connectivity index (χ1n) is 6.85. The highest BCUT2D eigenvalue weighted by atomic mass is 32.1. The fourth-order valence-electron chi connectivity index (χ4n) is 3.05. The highest BCUT2D eigenvalue weighted by molar-refractivity contribution is 7.15. The van der Waals surface area contributed by atoms with E-state index in [4.69, 9.17) is 10.5 Å². The molecule has 1 aromatic carbocycles. The van der Waals surface area contributed by atoms with E-state index in [9.17, 15) is 4.39 Å². The molecule has 1 aliphatic rings. The minimum atomic E-state index is -0.440. The van der Waals surface area contributed by atoms with Gasteiger partial charge in [0.25, 0.3) is 0 Å². The average Bonchev–Trinajstić information content (AvgIpc) is 2.86. The topological polar surface area (TPSA) is 60.2 Å². The summed E-state index contributed by atoms with van der Waals surface area (Å²) in [6.07, 6.45) is 2.27. The Morgan fingerprint density at radius 1 is 1.48 bits per heavy atom. The maximum atomic E-state index is 14.7. The van der Waals surface area contributed by atoms with Crippen molar-refractivity contribution >= 4 is 16.5 Å². The number of thiazole rings is 1. The molecule has 1 aliphatic carbocycles. The summed E-state index contributed by atoms with van der Waals surface area (Å²) < 4.78 is 19.8. The van der Waals surface area contributed by atoms with Gasteiger partial charge in [0.15, 0.2) is 16.7 Å². The van der Waals surface area contributed by atoms with E-state index < -0.39 is 5.54 Å². The van der Waals surface area contributed by atoms with Crippen LogP contribution in [0.2, 0.25) is 0 Å².